The third-order valence-corrected chi connectivity index (χ3v) is 5.62. The lowest BCUT2D eigenvalue weighted by molar-refractivity contribution is -0.0477. The molecule has 120 valence electrons. The Morgan fingerprint density at radius 2 is 2.18 bits per heavy atom. The molecule has 2 heterocycles. The van der Waals surface area contributed by atoms with Gasteiger partial charge in [-0.25, -0.2) is 0 Å². The largest absolute Gasteiger partial charge is 0.493 e. The number of likely N-dealkylation sites (N-methyl/N-ethyl adjacent to an activating group) is 1. The van der Waals surface area contributed by atoms with Crippen molar-refractivity contribution in [2.24, 2.45) is 0 Å². The SMILES string of the molecule is COc1ccc2c3c1O[C@H]1C[C@@H](O)CC[C@@]31[C@@H](O)CN(C)C2. The number of rotatable bonds is 1. The number of methoxy groups -OCH3 is 1. The number of hydrogen-bond acceptors (Lipinski definition) is 5. The number of nitrogens with zero attached hydrogens (tertiary/aromatic N) is 1. The van der Waals surface area contributed by atoms with Crippen LogP contribution in [0.15, 0.2) is 12.1 Å². The normalized spacial score (nSPS) is 37.0. The van der Waals surface area contributed by atoms with Gasteiger partial charge in [0, 0.05) is 25.1 Å². The van der Waals surface area contributed by atoms with Gasteiger partial charge in [0.05, 0.1) is 24.7 Å². The second kappa shape index (κ2) is 4.85. The van der Waals surface area contributed by atoms with Crippen LogP contribution in [0.2, 0.25) is 0 Å². The lowest BCUT2D eigenvalue weighted by Crippen LogP contribution is -2.54. The Hall–Kier alpha value is -1.30. The van der Waals surface area contributed by atoms with Crippen LogP contribution in [-0.4, -0.2) is 54.1 Å². The molecule has 4 rings (SSSR count). The van der Waals surface area contributed by atoms with Crippen molar-refractivity contribution in [1.82, 2.24) is 4.90 Å². The van der Waals surface area contributed by atoms with E-state index in [1.54, 1.807) is 7.11 Å². The molecule has 1 aromatic rings. The van der Waals surface area contributed by atoms with Crippen LogP contribution in [0.4, 0.5) is 0 Å². The van der Waals surface area contributed by atoms with Crippen molar-refractivity contribution in [3.05, 3.63) is 23.3 Å². The lowest BCUT2D eigenvalue weighted by Gasteiger charge is -2.43. The average molecular weight is 305 g/mol. The molecule has 1 aromatic carbocycles. The van der Waals surface area contributed by atoms with Crippen LogP contribution in [0.25, 0.3) is 0 Å². The second-order valence-corrected chi connectivity index (χ2v) is 6.92. The fraction of sp³-hybridized carbons (Fsp3) is 0.647. The van der Waals surface area contributed by atoms with Gasteiger partial charge in [-0.05, 0) is 31.5 Å². The molecule has 0 amide bonds. The predicted octanol–water partition coefficient (Wildman–Crippen LogP) is 1.05. The van der Waals surface area contributed by atoms with E-state index in [0.717, 1.165) is 30.0 Å². The van der Waals surface area contributed by atoms with Crippen molar-refractivity contribution >= 4 is 0 Å². The minimum absolute atomic E-state index is 0.178. The molecule has 2 aliphatic heterocycles. The summed E-state index contributed by atoms with van der Waals surface area (Å²) in [6.07, 6.45) is 0.996. The van der Waals surface area contributed by atoms with E-state index in [1.807, 2.05) is 13.1 Å². The molecule has 0 unspecified atom stereocenters. The third kappa shape index (κ3) is 1.76. The summed E-state index contributed by atoms with van der Waals surface area (Å²) < 4.78 is 11.7. The van der Waals surface area contributed by atoms with Gasteiger partial charge in [-0.1, -0.05) is 6.07 Å². The molecule has 1 spiro atoms. The van der Waals surface area contributed by atoms with Crippen molar-refractivity contribution < 1.29 is 19.7 Å². The van der Waals surface area contributed by atoms with Crippen LogP contribution < -0.4 is 9.47 Å². The van der Waals surface area contributed by atoms with Crippen molar-refractivity contribution in [2.45, 2.75) is 49.5 Å². The third-order valence-electron chi connectivity index (χ3n) is 5.62. The average Bonchev–Trinajstić information content (AvgIpc) is 2.77. The van der Waals surface area contributed by atoms with Crippen LogP contribution in [0.5, 0.6) is 11.5 Å². The summed E-state index contributed by atoms with van der Waals surface area (Å²) in [6, 6.07) is 4.03. The van der Waals surface area contributed by atoms with Gasteiger partial charge >= 0.3 is 0 Å². The van der Waals surface area contributed by atoms with E-state index in [0.29, 0.717) is 19.4 Å². The van der Waals surface area contributed by atoms with Crippen molar-refractivity contribution in [3.8, 4) is 11.5 Å². The van der Waals surface area contributed by atoms with E-state index in [4.69, 9.17) is 9.47 Å². The Bertz CT molecular complexity index is 605. The fourth-order valence-corrected chi connectivity index (χ4v) is 4.61. The fourth-order valence-electron chi connectivity index (χ4n) is 4.61. The molecule has 22 heavy (non-hydrogen) atoms. The first kappa shape index (κ1) is 14.3. The quantitative estimate of drug-likeness (QED) is 0.812. The maximum atomic E-state index is 11.0. The number of ether oxygens (including phenoxy) is 2. The summed E-state index contributed by atoms with van der Waals surface area (Å²) in [6.45, 7) is 1.41. The van der Waals surface area contributed by atoms with Crippen molar-refractivity contribution in [3.63, 3.8) is 0 Å². The zero-order valence-electron chi connectivity index (χ0n) is 13.1. The topological polar surface area (TPSA) is 62.2 Å². The van der Waals surface area contributed by atoms with Crippen LogP contribution in [0.3, 0.4) is 0 Å². The van der Waals surface area contributed by atoms with Gasteiger partial charge in [0.15, 0.2) is 11.5 Å². The van der Waals surface area contributed by atoms with Gasteiger partial charge in [-0.15, -0.1) is 0 Å². The van der Waals surface area contributed by atoms with E-state index in [9.17, 15) is 10.2 Å². The monoisotopic (exact) mass is 305 g/mol. The van der Waals surface area contributed by atoms with Crippen molar-refractivity contribution in [1.29, 1.82) is 0 Å². The molecule has 0 saturated heterocycles. The number of β-amino-alcohol motifs (C(OH)–C–C–N with tert-alkyl or cyclic N) is 1. The summed E-state index contributed by atoms with van der Waals surface area (Å²) in [5.41, 5.74) is 1.90. The molecule has 5 nitrogen and oxygen atoms in total. The highest BCUT2D eigenvalue weighted by Crippen LogP contribution is 2.57. The van der Waals surface area contributed by atoms with Gasteiger partial charge in [-0.3, -0.25) is 4.90 Å². The molecule has 1 fully saturated rings. The Labute approximate surface area is 130 Å². The number of benzene rings is 1. The van der Waals surface area contributed by atoms with E-state index < -0.39 is 11.5 Å². The second-order valence-electron chi connectivity index (χ2n) is 6.92. The van der Waals surface area contributed by atoms with Gasteiger partial charge in [0.1, 0.15) is 6.10 Å². The molecule has 2 N–H and O–H groups in total. The highest BCUT2D eigenvalue weighted by molar-refractivity contribution is 5.59. The van der Waals surface area contributed by atoms with E-state index in [2.05, 4.69) is 11.0 Å². The maximum absolute atomic E-state index is 11.0. The Kier molecular flexibility index (Phi) is 3.15. The van der Waals surface area contributed by atoms with Crippen LogP contribution in [0.1, 0.15) is 30.4 Å². The molecular weight excluding hydrogens is 282 g/mol. The molecule has 1 saturated carbocycles. The molecule has 0 radical (unpaired) electrons. The standard InChI is InChI=1S/C17H23NO4/c1-18-8-10-3-4-12(21-2)16-15(10)17(13(20)9-18)6-5-11(19)7-14(17)22-16/h3-4,11,13-14,19-20H,5-9H2,1-2H3/t11-,13-,14-,17-/m0/s1. The molecule has 0 bridgehead atoms. The maximum Gasteiger partial charge on any atom is 0.165 e. The van der Waals surface area contributed by atoms with Gasteiger partial charge in [-0.2, -0.15) is 0 Å². The first-order valence-corrected chi connectivity index (χ1v) is 7.98. The van der Waals surface area contributed by atoms with Crippen LogP contribution in [0, 0.1) is 0 Å². The zero-order chi connectivity index (χ0) is 15.5. The number of aliphatic hydroxyl groups excluding tert-OH is 2. The minimum Gasteiger partial charge on any atom is -0.493 e. The first-order valence-electron chi connectivity index (χ1n) is 7.98. The van der Waals surface area contributed by atoms with Gasteiger partial charge < -0.3 is 19.7 Å². The molecule has 5 heteroatoms. The summed E-state index contributed by atoms with van der Waals surface area (Å²) in [5.74, 6) is 1.49. The molecule has 1 aliphatic carbocycles. The van der Waals surface area contributed by atoms with E-state index in [-0.39, 0.29) is 12.2 Å². The molecule has 0 aromatic heterocycles. The lowest BCUT2D eigenvalue weighted by atomic mass is 9.64. The molecule has 4 atom stereocenters. The van der Waals surface area contributed by atoms with Crippen LogP contribution in [-0.2, 0) is 12.0 Å². The molecule has 3 aliphatic rings. The van der Waals surface area contributed by atoms with Gasteiger partial charge in [0.2, 0.25) is 0 Å². The van der Waals surface area contributed by atoms with Crippen LogP contribution >= 0.6 is 0 Å². The number of hydrogen-bond donors (Lipinski definition) is 2. The highest BCUT2D eigenvalue weighted by Gasteiger charge is 2.58. The first-order chi connectivity index (χ1) is 10.6. The summed E-state index contributed by atoms with van der Waals surface area (Å²) >= 11 is 0. The molecular formula is C17H23NO4. The van der Waals surface area contributed by atoms with E-state index >= 15 is 0 Å². The highest BCUT2D eigenvalue weighted by atomic mass is 16.5. The smallest absolute Gasteiger partial charge is 0.165 e. The van der Waals surface area contributed by atoms with E-state index in [1.165, 1.54) is 5.56 Å². The Morgan fingerprint density at radius 3 is 2.95 bits per heavy atom. The Morgan fingerprint density at radius 1 is 1.36 bits per heavy atom. The minimum atomic E-state index is -0.496. The van der Waals surface area contributed by atoms with Crippen molar-refractivity contribution in [2.75, 3.05) is 20.7 Å². The summed E-state index contributed by atoms with van der Waals surface area (Å²) in [4.78, 5) is 2.15. The Balaban J connectivity index is 1.95. The summed E-state index contributed by atoms with van der Waals surface area (Å²) in [5, 5.41) is 21.1. The predicted molar refractivity (Wildman–Crippen MR) is 81.3 cm³/mol. The number of aliphatic hydroxyl groups is 2. The van der Waals surface area contributed by atoms with Gasteiger partial charge in [0.25, 0.3) is 0 Å². The zero-order valence-corrected chi connectivity index (χ0v) is 13.1. The summed E-state index contributed by atoms with van der Waals surface area (Å²) in [7, 11) is 3.68.